The number of anilines is 1. The second kappa shape index (κ2) is 8.91. The largest absolute Gasteiger partial charge is 0.573 e. The van der Waals surface area contributed by atoms with Crippen molar-refractivity contribution in [3.63, 3.8) is 0 Å². The average Bonchev–Trinajstić information content (AvgIpc) is 3.04. The van der Waals surface area contributed by atoms with Crippen molar-refractivity contribution in [1.29, 1.82) is 0 Å². The van der Waals surface area contributed by atoms with Crippen molar-refractivity contribution >= 4 is 11.8 Å². The lowest BCUT2D eigenvalue weighted by atomic mass is 10.0. The number of nitrogens with one attached hydrogen (secondary N) is 1. The summed E-state index contributed by atoms with van der Waals surface area (Å²) in [5.41, 5.74) is -0.0678. The molecule has 0 aromatic heterocycles. The Hall–Kier alpha value is -2.16. The monoisotopic (exact) mass is 429 g/mol. The number of amides is 1. The molecule has 0 unspecified atom stereocenters. The Bertz CT molecular complexity index is 730. The van der Waals surface area contributed by atoms with Crippen molar-refractivity contribution in [2.24, 2.45) is 0 Å². The number of alkyl halides is 3. The molecule has 2 heterocycles. The summed E-state index contributed by atoms with van der Waals surface area (Å²) in [6, 6.07) is 5.74. The first-order valence-electron chi connectivity index (χ1n) is 10.3. The number of piperidine rings is 1. The van der Waals surface area contributed by atoms with E-state index in [4.69, 9.17) is 4.74 Å². The SMILES string of the molecule is CC(C)(C)OC(=O)N1C[C@H](Nc2cccc(OC(F)(F)F)c2)[C@@H](N2CCCCC2)C1. The number of likely N-dealkylation sites (tertiary alicyclic amines) is 2. The molecule has 30 heavy (non-hydrogen) atoms. The molecule has 3 rings (SSSR count). The highest BCUT2D eigenvalue weighted by atomic mass is 19.4. The van der Waals surface area contributed by atoms with E-state index in [2.05, 4.69) is 15.0 Å². The predicted molar refractivity (Wildman–Crippen MR) is 108 cm³/mol. The van der Waals surface area contributed by atoms with E-state index in [1.807, 2.05) is 20.8 Å². The quantitative estimate of drug-likeness (QED) is 0.765. The maximum atomic E-state index is 12.6. The van der Waals surface area contributed by atoms with Gasteiger partial charge >= 0.3 is 12.5 Å². The number of hydrogen-bond donors (Lipinski definition) is 1. The van der Waals surface area contributed by atoms with E-state index in [1.54, 1.807) is 11.0 Å². The van der Waals surface area contributed by atoms with Crippen molar-refractivity contribution in [1.82, 2.24) is 9.80 Å². The molecule has 0 saturated carbocycles. The number of nitrogens with zero attached hydrogens (tertiary/aromatic N) is 2. The molecular weight excluding hydrogens is 399 g/mol. The van der Waals surface area contributed by atoms with Gasteiger partial charge in [0.15, 0.2) is 0 Å². The van der Waals surface area contributed by atoms with Gasteiger partial charge in [-0.1, -0.05) is 12.5 Å². The fraction of sp³-hybridized carbons (Fsp3) is 0.667. The summed E-state index contributed by atoms with van der Waals surface area (Å²) in [6.45, 7) is 8.30. The maximum absolute atomic E-state index is 12.6. The molecule has 1 aromatic carbocycles. The third kappa shape index (κ3) is 6.42. The summed E-state index contributed by atoms with van der Waals surface area (Å²) in [7, 11) is 0. The Morgan fingerprint density at radius 2 is 1.80 bits per heavy atom. The van der Waals surface area contributed by atoms with Crippen LogP contribution in [0.1, 0.15) is 40.0 Å². The van der Waals surface area contributed by atoms with Crippen molar-refractivity contribution in [2.45, 2.75) is 64.1 Å². The minimum atomic E-state index is -4.74. The van der Waals surface area contributed by atoms with Gasteiger partial charge in [0.05, 0.1) is 6.04 Å². The van der Waals surface area contributed by atoms with E-state index in [0.717, 1.165) is 25.9 Å². The maximum Gasteiger partial charge on any atom is 0.573 e. The van der Waals surface area contributed by atoms with Gasteiger partial charge in [0, 0.05) is 30.9 Å². The second-order valence-electron chi connectivity index (χ2n) is 8.88. The molecule has 0 spiro atoms. The van der Waals surface area contributed by atoms with Gasteiger partial charge in [-0.2, -0.15) is 0 Å². The van der Waals surface area contributed by atoms with Gasteiger partial charge in [0.2, 0.25) is 0 Å². The fourth-order valence-electron chi connectivity index (χ4n) is 4.02. The predicted octanol–water partition coefficient (Wildman–Crippen LogP) is 4.47. The minimum Gasteiger partial charge on any atom is -0.444 e. The van der Waals surface area contributed by atoms with E-state index in [1.165, 1.54) is 24.6 Å². The number of benzene rings is 1. The van der Waals surface area contributed by atoms with Gasteiger partial charge in [-0.05, 0) is 58.8 Å². The van der Waals surface area contributed by atoms with Crippen LogP contribution in [0.3, 0.4) is 0 Å². The third-order valence-corrected chi connectivity index (χ3v) is 5.22. The summed E-state index contributed by atoms with van der Waals surface area (Å²) in [4.78, 5) is 16.7. The number of halogens is 3. The molecule has 1 amide bonds. The van der Waals surface area contributed by atoms with E-state index in [0.29, 0.717) is 18.8 Å². The average molecular weight is 429 g/mol. The van der Waals surface area contributed by atoms with Crippen LogP contribution < -0.4 is 10.1 Å². The zero-order valence-corrected chi connectivity index (χ0v) is 17.7. The van der Waals surface area contributed by atoms with E-state index < -0.39 is 12.0 Å². The standard InChI is InChI=1S/C21H30F3N3O3/c1-20(2,3)30-19(28)27-13-17(18(14-27)26-10-5-4-6-11-26)25-15-8-7-9-16(12-15)29-21(22,23)24/h7-9,12,17-18,25H,4-6,10-11,13-14H2,1-3H3/t17-,18-/m0/s1. The topological polar surface area (TPSA) is 54.0 Å². The molecule has 2 aliphatic heterocycles. The molecule has 168 valence electrons. The van der Waals surface area contributed by atoms with Gasteiger partial charge in [-0.15, -0.1) is 13.2 Å². The van der Waals surface area contributed by atoms with Crippen molar-refractivity contribution in [2.75, 3.05) is 31.5 Å². The summed E-state index contributed by atoms with van der Waals surface area (Å²) in [6.07, 6.45) is -1.72. The molecule has 1 N–H and O–H groups in total. The number of carbonyl (C=O) groups excluding carboxylic acids is 1. The molecule has 1 aromatic rings. The molecule has 0 radical (unpaired) electrons. The van der Waals surface area contributed by atoms with Gasteiger partial charge in [0.25, 0.3) is 0 Å². The number of carbonyl (C=O) groups is 1. The summed E-state index contributed by atoms with van der Waals surface area (Å²) in [5.74, 6) is -0.274. The lowest BCUT2D eigenvalue weighted by Crippen LogP contribution is -2.48. The van der Waals surface area contributed by atoms with Gasteiger partial charge in [0.1, 0.15) is 11.4 Å². The van der Waals surface area contributed by atoms with Gasteiger partial charge in [-0.25, -0.2) is 4.79 Å². The highest BCUT2D eigenvalue weighted by Gasteiger charge is 2.40. The normalized spacial score (nSPS) is 23.3. The van der Waals surface area contributed by atoms with E-state index in [9.17, 15) is 18.0 Å². The third-order valence-electron chi connectivity index (χ3n) is 5.22. The molecular formula is C21H30F3N3O3. The first-order chi connectivity index (χ1) is 14.0. The first kappa shape index (κ1) is 22.5. The number of hydrogen-bond acceptors (Lipinski definition) is 5. The smallest absolute Gasteiger partial charge is 0.444 e. The minimum absolute atomic E-state index is 0.0602. The summed E-state index contributed by atoms with van der Waals surface area (Å²) < 4.78 is 47.2. The van der Waals surface area contributed by atoms with Crippen LogP contribution in [0, 0.1) is 0 Å². The Labute approximate surface area is 175 Å². The Balaban J connectivity index is 1.74. The summed E-state index contributed by atoms with van der Waals surface area (Å²) >= 11 is 0. The van der Waals surface area contributed by atoms with Crippen LogP contribution in [0.2, 0.25) is 0 Å². The second-order valence-corrected chi connectivity index (χ2v) is 8.88. The van der Waals surface area contributed by atoms with E-state index in [-0.39, 0.29) is 23.9 Å². The highest BCUT2D eigenvalue weighted by molar-refractivity contribution is 5.69. The van der Waals surface area contributed by atoms with Crippen LogP contribution in [0.15, 0.2) is 24.3 Å². The number of rotatable bonds is 4. The molecule has 2 atom stereocenters. The zero-order valence-electron chi connectivity index (χ0n) is 17.7. The molecule has 6 nitrogen and oxygen atoms in total. The van der Waals surface area contributed by atoms with Crippen molar-refractivity contribution in [3.05, 3.63) is 24.3 Å². The molecule has 2 fully saturated rings. The van der Waals surface area contributed by atoms with Crippen LogP contribution in [-0.4, -0.2) is 66.1 Å². The van der Waals surface area contributed by atoms with Crippen molar-refractivity contribution in [3.8, 4) is 5.75 Å². The molecule has 0 bridgehead atoms. The van der Waals surface area contributed by atoms with Crippen LogP contribution in [0.5, 0.6) is 5.75 Å². The van der Waals surface area contributed by atoms with Gasteiger partial charge in [-0.3, -0.25) is 4.90 Å². The Morgan fingerprint density at radius 1 is 1.10 bits per heavy atom. The van der Waals surface area contributed by atoms with Crippen molar-refractivity contribution < 1.29 is 27.4 Å². The van der Waals surface area contributed by atoms with Crippen LogP contribution >= 0.6 is 0 Å². The zero-order chi connectivity index (χ0) is 21.9. The van der Waals surface area contributed by atoms with Gasteiger partial charge < -0.3 is 19.7 Å². The van der Waals surface area contributed by atoms with Crippen LogP contribution in [0.4, 0.5) is 23.7 Å². The Kier molecular flexibility index (Phi) is 6.69. The molecule has 9 heteroatoms. The molecule has 0 aliphatic carbocycles. The Morgan fingerprint density at radius 3 is 2.43 bits per heavy atom. The first-order valence-corrected chi connectivity index (χ1v) is 10.3. The summed E-state index contributed by atoms with van der Waals surface area (Å²) in [5, 5.41) is 3.32. The lowest BCUT2D eigenvalue weighted by Gasteiger charge is -2.35. The molecule has 2 saturated heterocycles. The lowest BCUT2D eigenvalue weighted by molar-refractivity contribution is -0.274. The number of ether oxygens (including phenoxy) is 2. The fourth-order valence-corrected chi connectivity index (χ4v) is 4.02. The van der Waals surface area contributed by atoms with E-state index >= 15 is 0 Å². The molecule has 2 aliphatic rings. The van der Waals surface area contributed by atoms with Crippen LogP contribution in [0.25, 0.3) is 0 Å². The van der Waals surface area contributed by atoms with Crippen LogP contribution in [-0.2, 0) is 4.74 Å². The highest BCUT2D eigenvalue weighted by Crippen LogP contribution is 2.28.